The second-order valence-electron chi connectivity index (χ2n) is 6.53. The maximum atomic E-state index is 11.9. The number of fused-ring (bicyclic) bond motifs is 1. The molecule has 1 heterocycles. The zero-order valence-electron chi connectivity index (χ0n) is 13.6. The summed E-state index contributed by atoms with van der Waals surface area (Å²) in [6.45, 7) is 5.54. The van der Waals surface area contributed by atoms with Crippen LogP contribution in [0.1, 0.15) is 51.5 Å². The number of nitrogens with one attached hydrogen (secondary N) is 1. The van der Waals surface area contributed by atoms with Crippen molar-refractivity contribution in [3.63, 3.8) is 0 Å². The van der Waals surface area contributed by atoms with Crippen LogP contribution < -0.4 is 10.1 Å². The fourth-order valence-electron chi connectivity index (χ4n) is 2.60. The molecule has 120 valence electrons. The number of hydrogen-bond donors (Lipinski definition) is 1. The SMILES string of the molecule is COc1ccc2c(c1)C(CCC(=O)OC(C)(C)C)CC(=O)N2. The van der Waals surface area contributed by atoms with E-state index in [1.165, 1.54) is 0 Å². The van der Waals surface area contributed by atoms with Crippen molar-refractivity contribution in [2.24, 2.45) is 0 Å². The zero-order valence-corrected chi connectivity index (χ0v) is 13.6. The van der Waals surface area contributed by atoms with Gasteiger partial charge in [0.25, 0.3) is 0 Å². The van der Waals surface area contributed by atoms with Crippen molar-refractivity contribution in [2.45, 2.75) is 51.6 Å². The molecule has 1 atom stereocenters. The van der Waals surface area contributed by atoms with Gasteiger partial charge in [0.1, 0.15) is 11.4 Å². The lowest BCUT2D eigenvalue weighted by Gasteiger charge is -2.26. The summed E-state index contributed by atoms with van der Waals surface area (Å²) in [5, 5.41) is 2.86. The molecule has 0 saturated carbocycles. The van der Waals surface area contributed by atoms with Crippen LogP contribution >= 0.6 is 0 Å². The summed E-state index contributed by atoms with van der Waals surface area (Å²) in [6.07, 6.45) is 1.26. The molecule has 0 radical (unpaired) electrons. The molecule has 0 bridgehead atoms. The van der Waals surface area contributed by atoms with Crippen LogP contribution in [0.2, 0.25) is 0 Å². The van der Waals surface area contributed by atoms with Gasteiger partial charge in [0.2, 0.25) is 5.91 Å². The largest absolute Gasteiger partial charge is 0.497 e. The second-order valence-corrected chi connectivity index (χ2v) is 6.53. The molecule has 5 nitrogen and oxygen atoms in total. The average molecular weight is 305 g/mol. The Morgan fingerprint density at radius 1 is 1.36 bits per heavy atom. The van der Waals surface area contributed by atoms with Crippen LogP contribution in [0, 0.1) is 0 Å². The first-order chi connectivity index (χ1) is 10.3. The Kier molecular flexibility index (Phi) is 4.74. The van der Waals surface area contributed by atoms with E-state index in [9.17, 15) is 9.59 Å². The van der Waals surface area contributed by atoms with E-state index in [0.29, 0.717) is 19.3 Å². The van der Waals surface area contributed by atoms with Gasteiger partial charge in [-0.1, -0.05) is 0 Å². The van der Waals surface area contributed by atoms with Crippen molar-refractivity contribution < 1.29 is 19.1 Å². The molecule has 5 heteroatoms. The fourth-order valence-corrected chi connectivity index (χ4v) is 2.60. The lowest BCUT2D eigenvalue weighted by molar-refractivity contribution is -0.155. The van der Waals surface area contributed by atoms with Crippen LogP contribution in [0.3, 0.4) is 0 Å². The van der Waals surface area contributed by atoms with E-state index in [1.54, 1.807) is 7.11 Å². The number of ether oxygens (including phenoxy) is 2. The molecule has 1 unspecified atom stereocenters. The maximum Gasteiger partial charge on any atom is 0.306 e. The third-order valence-electron chi connectivity index (χ3n) is 3.52. The minimum Gasteiger partial charge on any atom is -0.497 e. The van der Waals surface area contributed by atoms with Crippen molar-refractivity contribution in [1.82, 2.24) is 0 Å². The van der Waals surface area contributed by atoms with E-state index >= 15 is 0 Å². The molecule has 1 amide bonds. The maximum absolute atomic E-state index is 11.9. The van der Waals surface area contributed by atoms with Gasteiger partial charge in [-0.25, -0.2) is 0 Å². The van der Waals surface area contributed by atoms with Crippen LogP contribution in [0.5, 0.6) is 5.75 Å². The number of carbonyl (C=O) groups is 2. The van der Waals surface area contributed by atoms with E-state index in [2.05, 4.69) is 5.32 Å². The van der Waals surface area contributed by atoms with Gasteiger partial charge in [-0.05, 0) is 56.9 Å². The normalized spacial score (nSPS) is 17.5. The Balaban J connectivity index is 2.09. The Hall–Kier alpha value is -2.04. The van der Waals surface area contributed by atoms with Crippen LogP contribution in [0.15, 0.2) is 18.2 Å². The molecule has 1 aromatic rings. The molecule has 1 N–H and O–H groups in total. The molecule has 0 saturated heterocycles. The highest BCUT2D eigenvalue weighted by atomic mass is 16.6. The quantitative estimate of drug-likeness (QED) is 0.867. The molecule has 22 heavy (non-hydrogen) atoms. The number of rotatable bonds is 4. The van der Waals surface area contributed by atoms with Gasteiger partial charge in [-0.15, -0.1) is 0 Å². The molecule has 1 aromatic carbocycles. The van der Waals surface area contributed by atoms with E-state index in [1.807, 2.05) is 39.0 Å². The summed E-state index contributed by atoms with van der Waals surface area (Å²) in [7, 11) is 1.61. The number of anilines is 1. The van der Waals surface area contributed by atoms with E-state index in [0.717, 1.165) is 17.0 Å². The number of benzene rings is 1. The summed E-state index contributed by atoms with van der Waals surface area (Å²) < 4.78 is 10.6. The predicted molar refractivity (Wildman–Crippen MR) is 84.1 cm³/mol. The monoisotopic (exact) mass is 305 g/mol. The molecule has 0 aliphatic carbocycles. The number of carbonyl (C=O) groups excluding carboxylic acids is 2. The number of esters is 1. The average Bonchev–Trinajstić information content (AvgIpc) is 2.42. The molecular weight excluding hydrogens is 282 g/mol. The first-order valence-corrected chi connectivity index (χ1v) is 7.48. The minimum absolute atomic E-state index is 0.00590. The summed E-state index contributed by atoms with van der Waals surface area (Å²) in [5.41, 5.74) is 1.33. The van der Waals surface area contributed by atoms with Gasteiger partial charge in [-0.3, -0.25) is 9.59 Å². The molecule has 1 aliphatic heterocycles. The van der Waals surface area contributed by atoms with Crippen molar-refractivity contribution in [3.8, 4) is 5.75 Å². The number of amides is 1. The molecule has 0 fully saturated rings. The molecular formula is C17H23NO4. The van der Waals surface area contributed by atoms with Gasteiger partial charge in [-0.2, -0.15) is 0 Å². The van der Waals surface area contributed by atoms with Crippen LogP contribution in [0.4, 0.5) is 5.69 Å². The molecule has 0 aromatic heterocycles. The first-order valence-electron chi connectivity index (χ1n) is 7.48. The van der Waals surface area contributed by atoms with Gasteiger partial charge >= 0.3 is 5.97 Å². The van der Waals surface area contributed by atoms with Crippen molar-refractivity contribution >= 4 is 17.6 Å². The van der Waals surface area contributed by atoms with Gasteiger partial charge in [0.15, 0.2) is 0 Å². The predicted octanol–water partition coefficient (Wildman–Crippen LogP) is 3.24. The van der Waals surface area contributed by atoms with E-state index < -0.39 is 5.60 Å². The zero-order chi connectivity index (χ0) is 16.3. The van der Waals surface area contributed by atoms with Crippen LogP contribution in [-0.2, 0) is 14.3 Å². The van der Waals surface area contributed by atoms with E-state index in [-0.39, 0.29) is 17.8 Å². The van der Waals surface area contributed by atoms with E-state index in [4.69, 9.17) is 9.47 Å². The van der Waals surface area contributed by atoms with Crippen LogP contribution in [0.25, 0.3) is 0 Å². The Labute approximate surface area is 131 Å². The second kappa shape index (κ2) is 6.38. The molecule has 1 aliphatic rings. The number of methoxy groups -OCH3 is 1. The van der Waals surface area contributed by atoms with Crippen LogP contribution in [-0.4, -0.2) is 24.6 Å². The highest BCUT2D eigenvalue weighted by Gasteiger charge is 2.27. The molecule has 0 spiro atoms. The lowest BCUT2D eigenvalue weighted by atomic mass is 9.87. The Bertz CT molecular complexity index is 575. The highest BCUT2D eigenvalue weighted by molar-refractivity contribution is 5.95. The standard InChI is InChI=1S/C17H23NO4/c1-17(2,3)22-16(20)8-5-11-9-15(19)18-14-7-6-12(21-4)10-13(11)14/h6-7,10-11H,5,8-9H2,1-4H3,(H,18,19). The van der Waals surface area contributed by atoms with Crippen molar-refractivity contribution in [3.05, 3.63) is 23.8 Å². The first kappa shape index (κ1) is 16.3. The van der Waals surface area contributed by atoms with Gasteiger partial charge in [0.05, 0.1) is 7.11 Å². The summed E-state index contributed by atoms with van der Waals surface area (Å²) in [6, 6.07) is 5.58. The smallest absolute Gasteiger partial charge is 0.306 e. The Morgan fingerprint density at radius 3 is 2.73 bits per heavy atom. The highest BCUT2D eigenvalue weighted by Crippen LogP contribution is 2.37. The van der Waals surface area contributed by atoms with Crippen molar-refractivity contribution in [1.29, 1.82) is 0 Å². The van der Waals surface area contributed by atoms with Gasteiger partial charge in [0, 0.05) is 18.5 Å². The van der Waals surface area contributed by atoms with Crippen molar-refractivity contribution in [2.75, 3.05) is 12.4 Å². The molecule has 2 rings (SSSR count). The third kappa shape index (κ3) is 4.23. The summed E-state index contributed by atoms with van der Waals surface area (Å²) in [4.78, 5) is 23.7. The van der Waals surface area contributed by atoms with Gasteiger partial charge < -0.3 is 14.8 Å². The summed E-state index contributed by atoms with van der Waals surface area (Å²) >= 11 is 0. The fraction of sp³-hybridized carbons (Fsp3) is 0.529. The third-order valence-corrected chi connectivity index (χ3v) is 3.52. The minimum atomic E-state index is -0.484. The number of hydrogen-bond acceptors (Lipinski definition) is 4. The topological polar surface area (TPSA) is 64.6 Å². The lowest BCUT2D eigenvalue weighted by Crippen LogP contribution is -2.26. The summed E-state index contributed by atoms with van der Waals surface area (Å²) in [5.74, 6) is 0.498. The Morgan fingerprint density at radius 2 is 2.09 bits per heavy atom.